The van der Waals surface area contributed by atoms with Gasteiger partial charge in [0.2, 0.25) is 5.88 Å². The summed E-state index contributed by atoms with van der Waals surface area (Å²) >= 11 is 0. The Hall–Kier alpha value is -1.76. The first-order valence-corrected chi connectivity index (χ1v) is 6.64. The third-order valence-electron chi connectivity index (χ3n) is 3.60. The lowest BCUT2D eigenvalue weighted by atomic mass is 9.94. The van der Waals surface area contributed by atoms with Crippen molar-refractivity contribution in [1.29, 1.82) is 0 Å². The number of likely N-dealkylation sites (tertiary alicyclic amines) is 1. The molecule has 1 amide bonds. The summed E-state index contributed by atoms with van der Waals surface area (Å²) in [6.45, 7) is -0.0680. The second kappa shape index (κ2) is 6.34. The Balaban J connectivity index is 2.08. The van der Waals surface area contributed by atoms with Crippen LogP contribution in [0.3, 0.4) is 0 Å². The van der Waals surface area contributed by atoms with E-state index in [2.05, 4.69) is 4.98 Å². The second-order valence-electron chi connectivity index (χ2n) is 5.00. The van der Waals surface area contributed by atoms with Gasteiger partial charge in [-0.2, -0.15) is 0 Å². The number of carbonyl (C=O) groups is 1. The van der Waals surface area contributed by atoms with Crippen molar-refractivity contribution in [3.63, 3.8) is 0 Å². The minimum Gasteiger partial charge on any atom is -0.481 e. The molecule has 1 aliphatic rings. The van der Waals surface area contributed by atoms with Crippen LogP contribution in [0.15, 0.2) is 18.3 Å². The lowest BCUT2D eigenvalue weighted by Gasteiger charge is -2.38. The molecule has 1 atom stereocenters. The first kappa shape index (κ1) is 15.6. The Morgan fingerprint density at radius 1 is 1.48 bits per heavy atom. The van der Waals surface area contributed by atoms with Crippen LogP contribution in [0.5, 0.6) is 5.88 Å². The van der Waals surface area contributed by atoms with E-state index >= 15 is 0 Å². The number of nitrogens with zero attached hydrogens (tertiary/aromatic N) is 2. The molecule has 1 aromatic rings. The van der Waals surface area contributed by atoms with E-state index < -0.39 is 11.8 Å². The number of hydrogen-bond donors (Lipinski definition) is 0. The minimum absolute atomic E-state index is 0.0221. The van der Waals surface area contributed by atoms with Crippen molar-refractivity contribution in [2.45, 2.75) is 12.3 Å². The molecule has 1 aliphatic heterocycles. The lowest BCUT2D eigenvalue weighted by Crippen LogP contribution is -2.50. The summed E-state index contributed by atoms with van der Waals surface area (Å²) in [6, 6.07) is 3.14. The van der Waals surface area contributed by atoms with Crippen molar-refractivity contribution in [1.82, 2.24) is 9.88 Å². The summed E-state index contributed by atoms with van der Waals surface area (Å²) in [6.07, 6.45) is 1.04. The molecule has 0 N–H and O–H groups in total. The highest BCUT2D eigenvalue weighted by molar-refractivity contribution is 5.94. The molecular formula is C14H18F2N2O3. The summed E-state index contributed by atoms with van der Waals surface area (Å²) in [7, 11) is 2.86. The van der Waals surface area contributed by atoms with Crippen molar-refractivity contribution in [3.05, 3.63) is 23.9 Å². The number of rotatable bonds is 4. The Morgan fingerprint density at radius 2 is 2.24 bits per heavy atom. The summed E-state index contributed by atoms with van der Waals surface area (Å²) in [5, 5.41) is 0. The number of halogens is 2. The van der Waals surface area contributed by atoms with E-state index in [9.17, 15) is 13.6 Å². The van der Waals surface area contributed by atoms with Crippen LogP contribution in [0.25, 0.3) is 0 Å². The summed E-state index contributed by atoms with van der Waals surface area (Å²) in [5.74, 6) is -3.69. The number of piperidine rings is 1. The molecule has 0 radical (unpaired) electrons. The van der Waals surface area contributed by atoms with Crippen LogP contribution in [0, 0.1) is 5.92 Å². The predicted molar refractivity (Wildman–Crippen MR) is 71.6 cm³/mol. The van der Waals surface area contributed by atoms with E-state index in [1.54, 1.807) is 12.1 Å². The van der Waals surface area contributed by atoms with Gasteiger partial charge >= 0.3 is 0 Å². The fourth-order valence-electron chi connectivity index (χ4n) is 2.35. The molecule has 5 nitrogen and oxygen atoms in total. The molecule has 0 bridgehead atoms. The molecule has 1 fully saturated rings. The van der Waals surface area contributed by atoms with Crippen molar-refractivity contribution >= 4 is 5.91 Å². The quantitative estimate of drug-likeness (QED) is 0.851. The second-order valence-corrected chi connectivity index (χ2v) is 5.00. The zero-order valence-corrected chi connectivity index (χ0v) is 12.0. The molecule has 0 spiro atoms. The van der Waals surface area contributed by atoms with Crippen LogP contribution in [-0.2, 0) is 4.74 Å². The van der Waals surface area contributed by atoms with Crippen LogP contribution in [0.1, 0.15) is 16.8 Å². The average Bonchev–Trinajstić information content (AvgIpc) is 2.49. The third-order valence-corrected chi connectivity index (χ3v) is 3.60. The van der Waals surface area contributed by atoms with Gasteiger partial charge in [0.15, 0.2) is 0 Å². The number of aromatic nitrogens is 1. The predicted octanol–water partition coefficient (Wildman–Crippen LogP) is 1.83. The number of hydrogen-bond acceptors (Lipinski definition) is 4. The minimum atomic E-state index is -2.80. The van der Waals surface area contributed by atoms with Crippen LogP contribution in [0.2, 0.25) is 0 Å². The van der Waals surface area contributed by atoms with Gasteiger partial charge in [-0.3, -0.25) is 4.79 Å². The largest absolute Gasteiger partial charge is 0.481 e. The molecule has 1 aromatic heterocycles. The summed E-state index contributed by atoms with van der Waals surface area (Å²) < 4.78 is 37.2. The van der Waals surface area contributed by atoms with E-state index in [1.165, 1.54) is 25.3 Å². The third kappa shape index (κ3) is 3.47. The van der Waals surface area contributed by atoms with E-state index in [-0.39, 0.29) is 32.0 Å². The molecule has 7 heteroatoms. The smallest absolute Gasteiger partial charge is 0.256 e. The van der Waals surface area contributed by atoms with Crippen molar-refractivity contribution in [2.24, 2.45) is 5.92 Å². The standard InChI is InChI=1S/C14H18F2N2O3/c1-20-9-11-8-18(6-5-14(11,15)16)13(19)10-3-4-12(21-2)17-7-10/h3-4,7,11H,5-6,8-9H2,1-2H3. The zero-order valence-electron chi connectivity index (χ0n) is 12.0. The summed E-state index contributed by atoms with van der Waals surface area (Å²) in [5.41, 5.74) is 0.359. The van der Waals surface area contributed by atoms with Crippen molar-refractivity contribution < 1.29 is 23.0 Å². The Morgan fingerprint density at radius 3 is 2.81 bits per heavy atom. The molecule has 0 aromatic carbocycles. The van der Waals surface area contributed by atoms with Crippen LogP contribution in [0.4, 0.5) is 8.78 Å². The first-order valence-electron chi connectivity index (χ1n) is 6.64. The molecular weight excluding hydrogens is 282 g/mol. The maximum Gasteiger partial charge on any atom is 0.256 e. The Labute approximate surface area is 121 Å². The van der Waals surface area contributed by atoms with E-state index in [0.29, 0.717) is 11.4 Å². The maximum absolute atomic E-state index is 13.7. The van der Waals surface area contributed by atoms with E-state index in [4.69, 9.17) is 9.47 Å². The number of carbonyl (C=O) groups excluding carboxylic acids is 1. The number of ether oxygens (including phenoxy) is 2. The van der Waals surface area contributed by atoms with Gasteiger partial charge in [0, 0.05) is 38.9 Å². The van der Waals surface area contributed by atoms with E-state index in [1.807, 2.05) is 0 Å². The number of pyridine rings is 1. The molecule has 2 heterocycles. The highest BCUT2D eigenvalue weighted by atomic mass is 19.3. The van der Waals surface area contributed by atoms with Gasteiger partial charge in [-0.05, 0) is 6.07 Å². The molecule has 116 valence electrons. The van der Waals surface area contributed by atoms with Gasteiger partial charge in [-0.25, -0.2) is 13.8 Å². The molecule has 2 rings (SSSR count). The molecule has 1 saturated heterocycles. The fourth-order valence-corrected chi connectivity index (χ4v) is 2.35. The average molecular weight is 300 g/mol. The molecule has 21 heavy (non-hydrogen) atoms. The normalized spacial score (nSPS) is 21.1. The zero-order chi connectivity index (χ0) is 15.5. The van der Waals surface area contributed by atoms with Gasteiger partial charge in [0.1, 0.15) is 0 Å². The SMILES string of the molecule is COCC1CN(C(=O)c2ccc(OC)nc2)CCC1(F)F. The van der Waals surface area contributed by atoms with Gasteiger partial charge in [0.25, 0.3) is 11.8 Å². The molecule has 0 saturated carbocycles. The molecule has 0 aliphatic carbocycles. The fraction of sp³-hybridized carbons (Fsp3) is 0.571. The van der Waals surface area contributed by atoms with Crippen molar-refractivity contribution in [2.75, 3.05) is 33.9 Å². The monoisotopic (exact) mass is 300 g/mol. The Bertz CT molecular complexity index is 493. The van der Waals surface area contributed by atoms with E-state index in [0.717, 1.165) is 0 Å². The topological polar surface area (TPSA) is 51.7 Å². The lowest BCUT2D eigenvalue weighted by molar-refractivity contribution is -0.117. The highest BCUT2D eigenvalue weighted by Crippen LogP contribution is 2.34. The van der Waals surface area contributed by atoms with Gasteiger partial charge in [-0.1, -0.05) is 0 Å². The first-order chi connectivity index (χ1) is 9.97. The number of methoxy groups -OCH3 is 2. The maximum atomic E-state index is 13.7. The number of alkyl halides is 2. The van der Waals surface area contributed by atoms with Crippen molar-refractivity contribution in [3.8, 4) is 5.88 Å². The van der Waals surface area contributed by atoms with Gasteiger partial charge in [-0.15, -0.1) is 0 Å². The van der Waals surface area contributed by atoms with Crippen LogP contribution >= 0.6 is 0 Å². The van der Waals surface area contributed by atoms with Gasteiger partial charge < -0.3 is 14.4 Å². The molecule has 1 unspecified atom stereocenters. The van der Waals surface area contributed by atoms with Gasteiger partial charge in [0.05, 0.1) is 25.2 Å². The Kier molecular flexibility index (Phi) is 4.72. The highest BCUT2D eigenvalue weighted by Gasteiger charge is 2.45. The number of amides is 1. The van der Waals surface area contributed by atoms with Crippen LogP contribution < -0.4 is 4.74 Å². The van der Waals surface area contributed by atoms with Crippen LogP contribution in [-0.4, -0.2) is 55.6 Å². The summed E-state index contributed by atoms with van der Waals surface area (Å²) in [4.78, 5) is 17.7.